The van der Waals surface area contributed by atoms with Crippen molar-refractivity contribution in [3.63, 3.8) is 0 Å². The van der Waals surface area contributed by atoms with Crippen molar-refractivity contribution < 1.29 is 4.79 Å². The molecule has 2 rings (SSSR count). The molecule has 1 aliphatic rings. The highest BCUT2D eigenvalue weighted by Gasteiger charge is 2.16. The van der Waals surface area contributed by atoms with Crippen molar-refractivity contribution in [3.05, 3.63) is 34.9 Å². The van der Waals surface area contributed by atoms with Gasteiger partial charge in [0.15, 0.2) is 0 Å². The van der Waals surface area contributed by atoms with Gasteiger partial charge in [0.25, 0.3) is 0 Å². The molecule has 0 radical (unpaired) electrons. The van der Waals surface area contributed by atoms with E-state index in [0.29, 0.717) is 0 Å². The zero-order valence-electron chi connectivity index (χ0n) is 13.1. The van der Waals surface area contributed by atoms with E-state index in [1.54, 1.807) is 7.05 Å². The van der Waals surface area contributed by atoms with Crippen LogP contribution in [0.25, 0.3) is 0 Å². The van der Waals surface area contributed by atoms with Crippen LogP contribution in [0, 0.1) is 0 Å². The molecule has 122 valence electrons. The van der Waals surface area contributed by atoms with Gasteiger partial charge in [0.2, 0.25) is 0 Å². The van der Waals surface area contributed by atoms with E-state index in [2.05, 4.69) is 32.6 Å². The minimum atomic E-state index is -0.104. The van der Waals surface area contributed by atoms with Gasteiger partial charge in [-0.05, 0) is 30.7 Å². The van der Waals surface area contributed by atoms with Crippen molar-refractivity contribution >= 4 is 17.6 Å². The van der Waals surface area contributed by atoms with Crippen LogP contribution in [0.1, 0.15) is 12.0 Å². The molecule has 2 N–H and O–H groups in total. The summed E-state index contributed by atoms with van der Waals surface area (Å²) in [6, 6.07) is 7.99. The number of urea groups is 1. The molecule has 1 fully saturated rings. The van der Waals surface area contributed by atoms with E-state index in [4.69, 9.17) is 11.6 Å². The first-order valence-electron chi connectivity index (χ1n) is 7.82. The molecule has 1 saturated heterocycles. The summed E-state index contributed by atoms with van der Waals surface area (Å²) < 4.78 is 0. The summed E-state index contributed by atoms with van der Waals surface area (Å²) in [6.07, 6.45) is 0.991. The fourth-order valence-corrected chi connectivity index (χ4v) is 2.74. The van der Waals surface area contributed by atoms with Crippen LogP contribution in [-0.4, -0.2) is 62.1 Å². The average Bonchev–Trinajstić information content (AvgIpc) is 2.55. The third-order valence-corrected chi connectivity index (χ3v) is 4.20. The van der Waals surface area contributed by atoms with Crippen LogP contribution in [0.2, 0.25) is 5.02 Å². The molecular weight excluding hydrogens is 300 g/mol. The summed E-state index contributed by atoms with van der Waals surface area (Å²) in [5, 5.41) is 6.17. The lowest BCUT2D eigenvalue weighted by molar-refractivity contribution is 0.126. The number of carbonyl (C=O) groups excluding carboxylic acids is 1. The van der Waals surface area contributed by atoms with E-state index in [-0.39, 0.29) is 6.03 Å². The van der Waals surface area contributed by atoms with E-state index in [0.717, 1.165) is 57.3 Å². The Labute approximate surface area is 137 Å². The number of halogens is 1. The first-order valence-corrected chi connectivity index (χ1v) is 8.20. The Balaban J connectivity index is 1.61. The van der Waals surface area contributed by atoms with Gasteiger partial charge in [-0.1, -0.05) is 23.7 Å². The highest BCUT2D eigenvalue weighted by atomic mass is 35.5. The number of hydrogen-bond donors (Lipinski definition) is 2. The number of carbonyl (C=O) groups is 1. The molecule has 0 bridgehead atoms. The summed E-state index contributed by atoms with van der Waals surface area (Å²) in [7, 11) is 1.63. The monoisotopic (exact) mass is 324 g/mol. The maximum atomic E-state index is 11.0. The lowest BCUT2D eigenvalue weighted by atomic mass is 10.2. The smallest absolute Gasteiger partial charge is 0.314 e. The van der Waals surface area contributed by atoms with Crippen LogP contribution in [0.5, 0.6) is 0 Å². The number of amides is 2. The lowest BCUT2D eigenvalue weighted by Gasteiger charge is -2.34. The topological polar surface area (TPSA) is 47.6 Å². The fourth-order valence-electron chi connectivity index (χ4n) is 2.61. The average molecular weight is 325 g/mol. The lowest BCUT2D eigenvalue weighted by Crippen LogP contribution is -2.46. The highest BCUT2D eigenvalue weighted by molar-refractivity contribution is 6.30. The Hall–Kier alpha value is -1.30. The summed E-state index contributed by atoms with van der Waals surface area (Å²) >= 11 is 5.91. The normalized spacial score (nSPS) is 16.5. The van der Waals surface area contributed by atoms with Gasteiger partial charge in [-0.3, -0.25) is 4.90 Å². The molecule has 22 heavy (non-hydrogen) atoms. The van der Waals surface area contributed by atoms with E-state index in [1.165, 1.54) is 5.56 Å². The fraction of sp³-hybridized carbons (Fsp3) is 0.562. The van der Waals surface area contributed by atoms with Crippen LogP contribution in [0.3, 0.4) is 0 Å². The predicted molar refractivity (Wildman–Crippen MR) is 90.2 cm³/mol. The number of nitrogens with one attached hydrogen (secondary N) is 2. The van der Waals surface area contributed by atoms with Crippen LogP contribution in [-0.2, 0) is 6.54 Å². The number of hydrogen-bond acceptors (Lipinski definition) is 3. The first kappa shape index (κ1) is 17.1. The Bertz CT molecular complexity index is 458. The molecule has 2 amide bonds. The van der Waals surface area contributed by atoms with Crippen molar-refractivity contribution in [2.45, 2.75) is 13.0 Å². The van der Waals surface area contributed by atoms with E-state index >= 15 is 0 Å². The molecule has 0 aromatic heterocycles. The second kappa shape index (κ2) is 8.98. The molecule has 0 unspecified atom stereocenters. The van der Waals surface area contributed by atoms with Crippen molar-refractivity contribution in [1.82, 2.24) is 20.4 Å². The van der Waals surface area contributed by atoms with Crippen LogP contribution >= 0.6 is 11.6 Å². The molecule has 1 aromatic carbocycles. The molecule has 0 saturated carbocycles. The SMILES string of the molecule is CNC(=O)NCCCN1CCN(Cc2ccc(Cl)cc2)CC1. The standard InChI is InChI=1S/C16H25ClN4O/c1-18-16(22)19-7-2-8-20-9-11-21(12-10-20)13-14-3-5-15(17)6-4-14/h3-6H,2,7-13H2,1H3,(H2,18,19,22). The molecule has 1 heterocycles. The number of benzene rings is 1. The maximum absolute atomic E-state index is 11.0. The Morgan fingerprint density at radius 3 is 2.41 bits per heavy atom. The highest BCUT2D eigenvalue weighted by Crippen LogP contribution is 2.12. The molecule has 1 aliphatic heterocycles. The molecule has 1 aromatic rings. The Kier molecular flexibility index (Phi) is 6.96. The van der Waals surface area contributed by atoms with Crippen LogP contribution < -0.4 is 10.6 Å². The van der Waals surface area contributed by atoms with Gasteiger partial charge in [-0.2, -0.15) is 0 Å². The largest absolute Gasteiger partial charge is 0.341 e. The second-order valence-electron chi connectivity index (χ2n) is 5.60. The Morgan fingerprint density at radius 2 is 1.77 bits per heavy atom. The minimum absolute atomic E-state index is 0.104. The zero-order valence-corrected chi connectivity index (χ0v) is 13.9. The quantitative estimate of drug-likeness (QED) is 0.784. The Morgan fingerprint density at radius 1 is 1.14 bits per heavy atom. The van der Waals surface area contributed by atoms with Gasteiger partial charge < -0.3 is 15.5 Å². The molecule has 5 nitrogen and oxygen atoms in total. The van der Waals surface area contributed by atoms with Gasteiger partial charge in [0, 0.05) is 51.3 Å². The number of rotatable bonds is 6. The van der Waals surface area contributed by atoms with Crippen LogP contribution in [0.4, 0.5) is 4.79 Å². The third kappa shape index (κ3) is 5.83. The molecule has 0 aliphatic carbocycles. The zero-order chi connectivity index (χ0) is 15.8. The van der Waals surface area contributed by atoms with Crippen molar-refractivity contribution in [3.8, 4) is 0 Å². The van der Waals surface area contributed by atoms with Gasteiger partial charge in [-0.15, -0.1) is 0 Å². The second-order valence-corrected chi connectivity index (χ2v) is 6.04. The summed E-state index contributed by atoms with van der Waals surface area (Å²) in [6.45, 7) is 7.12. The molecule has 6 heteroatoms. The first-order chi connectivity index (χ1) is 10.7. The van der Waals surface area contributed by atoms with Gasteiger partial charge >= 0.3 is 6.03 Å². The van der Waals surface area contributed by atoms with Crippen molar-refractivity contribution in [2.24, 2.45) is 0 Å². The molecule has 0 atom stereocenters. The van der Waals surface area contributed by atoms with Crippen LogP contribution in [0.15, 0.2) is 24.3 Å². The molecular formula is C16H25ClN4O. The third-order valence-electron chi connectivity index (χ3n) is 3.95. The number of nitrogens with zero attached hydrogens (tertiary/aromatic N) is 2. The van der Waals surface area contributed by atoms with Crippen molar-refractivity contribution in [2.75, 3.05) is 46.3 Å². The van der Waals surface area contributed by atoms with E-state index in [1.807, 2.05) is 12.1 Å². The predicted octanol–water partition coefficient (Wildman–Crippen LogP) is 1.78. The van der Waals surface area contributed by atoms with Gasteiger partial charge in [-0.25, -0.2) is 4.79 Å². The van der Waals surface area contributed by atoms with E-state index in [9.17, 15) is 4.79 Å². The summed E-state index contributed by atoms with van der Waals surface area (Å²) in [5.41, 5.74) is 1.31. The minimum Gasteiger partial charge on any atom is -0.341 e. The number of piperazine rings is 1. The summed E-state index contributed by atoms with van der Waals surface area (Å²) in [5.74, 6) is 0. The van der Waals surface area contributed by atoms with Crippen molar-refractivity contribution in [1.29, 1.82) is 0 Å². The van der Waals surface area contributed by atoms with Gasteiger partial charge in [0.1, 0.15) is 0 Å². The summed E-state index contributed by atoms with van der Waals surface area (Å²) in [4.78, 5) is 16.0. The maximum Gasteiger partial charge on any atom is 0.314 e. The molecule has 0 spiro atoms. The van der Waals surface area contributed by atoms with E-state index < -0.39 is 0 Å². The van der Waals surface area contributed by atoms with Gasteiger partial charge in [0.05, 0.1) is 0 Å².